The zero-order chi connectivity index (χ0) is 13.0. The Morgan fingerprint density at radius 2 is 2.17 bits per heavy atom. The lowest BCUT2D eigenvalue weighted by atomic mass is 10.1. The lowest BCUT2D eigenvalue weighted by Crippen LogP contribution is -2.14. The van der Waals surface area contributed by atoms with Gasteiger partial charge in [-0.2, -0.15) is 0 Å². The van der Waals surface area contributed by atoms with Gasteiger partial charge in [0, 0.05) is 13.1 Å². The van der Waals surface area contributed by atoms with E-state index in [0.29, 0.717) is 22.5 Å². The molecule has 0 fully saturated rings. The highest BCUT2D eigenvalue weighted by atomic mass is 127. The van der Waals surface area contributed by atoms with Crippen LogP contribution in [-0.2, 0) is 13.1 Å². The van der Waals surface area contributed by atoms with Crippen LogP contribution in [0.1, 0.15) is 11.1 Å². The molecule has 2 aromatic rings. The second-order valence-corrected chi connectivity index (χ2v) is 4.85. The van der Waals surface area contributed by atoms with Crippen LogP contribution in [0, 0.1) is 3.57 Å². The molecule has 0 amide bonds. The molecule has 6 heteroatoms. The first-order chi connectivity index (χ1) is 8.70. The van der Waals surface area contributed by atoms with Crippen LogP contribution in [0.2, 0.25) is 0 Å². The fourth-order valence-electron chi connectivity index (χ4n) is 1.56. The lowest BCUT2D eigenvalue weighted by molar-refractivity contribution is 1.03. The molecule has 94 valence electrons. The minimum atomic E-state index is -0.135. The molecule has 0 saturated heterocycles. The summed E-state index contributed by atoms with van der Waals surface area (Å²) < 4.78 is 0.560. The molecule has 4 N–H and O–H groups in total. The van der Waals surface area contributed by atoms with Gasteiger partial charge in [0.1, 0.15) is 9.39 Å². The summed E-state index contributed by atoms with van der Waals surface area (Å²) in [7, 11) is 0. The third kappa shape index (κ3) is 3.08. The van der Waals surface area contributed by atoms with Crippen LogP contribution in [0.4, 0.5) is 5.82 Å². The van der Waals surface area contributed by atoms with Crippen LogP contribution in [0.15, 0.2) is 35.4 Å². The molecule has 2 rings (SSSR count). The maximum absolute atomic E-state index is 11.4. The van der Waals surface area contributed by atoms with Gasteiger partial charge in [-0.25, -0.2) is 4.98 Å². The van der Waals surface area contributed by atoms with Crippen molar-refractivity contribution >= 4 is 28.4 Å². The van der Waals surface area contributed by atoms with E-state index in [1.807, 2.05) is 46.9 Å². The minimum absolute atomic E-state index is 0.135. The SMILES string of the molecule is NCc1cccc(CNc2nc[nH]c(=O)c2I)c1. The summed E-state index contributed by atoms with van der Waals surface area (Å²) in [6, 6.07) is 7.99. The summed E-state index contributed by atoms with van der Waals surface area (Å²) in [6.07, 6.45) is 1.39. The Hall–Kier alpha value is -1.41. The van der Waals surface area contributed by atoms with E-state index < -0.39 is 0 Å². The van der Waals surface area contributed by atoms with E-state index in [2.05, 4.69) is 15.3 Å². The first-order valence-electron chi connectivity index (χ1n) is 5.45. The Morgan fingerprint density at radius 3 is 2.94 bits per heavy atom. The number of hydrogen-bond donors (Lipinski definition) is 3. The fourth-order valence-corrected chi connectivity index (χ4v) is 2.04. The van der Waals surface area contributed by atoms with Crippen LogP contribution >= 0.6 is 22.6 Å². The Bertz CT molecular complexity index is 597. The number of hydrogen-bond acceptors (Lipinski definition) is 4. The number of anilines is 1. The van der Waals surface area contributed by atoms with Crippen LogP contribution in [0.25, 0.3) is 0 Å². The number of rotatable bonds is 4. The Kier molecular flexibility index (Phi) is 4.32. The van der Waals surface area contributed by atoms with Crippen molar-refractivity contribution in [1.82, 2.24) is 9.97 Å². The van der Waals surface area contributed by atoms with Gasteiger partial charge < -0.3 is 16.0 Å². The van der Waals surface area contributed by atoms with Crippen LogP contribution < -0.4 is 16.6 Å². The van der Waals surface area contributed by atoms with E-state index in [9.17, 15) is 4.79 Å². The van der Waals surface area contributed by atoms with Gasteiger partial charge >= 0.3 is 0 Å². The highest BCUT2D eigenvalue weighted by Gasteiger charge is 2.04. The number of halogens is 1. The number of benzene rings is 1. The van der Waals surface area contributed by atoms with Crippen LogP contribution in [0.5, 0.6) is 0 Å². The third-order valence-corrected chi connectivity index (χ3v) is 3.48. The molecule has 1 aromatic carbocycles. The molecular formula is C12H13IN4O. The fraction of sp³-hybridized carbons (Fsp3) is 0.167. The van der Waals surface area contributed by atoms with Crippen molar-refractivity contribution < 1.29 is 0 Å². The highest BCUT2D eigenvalue weighted by molar-refractivity contribution is 14.1. The number of aromatic nitrogens is 2. The summed E-state index contributed by atoms with van der Waals surface area (Å²) in [4.78, 5) is 18.0. The van der Waals surface area contributed by atoms with E-state index in [1.165, 1.54) is 6.33 Å². The number of nitrogens with zero attached hydrogens (tertiary/aromatic N) is 1. The van der Waals surface area contributed by atoms with Gasteiger partial charge in [-0.05, 0) is 33.7 Å². The summed E-state index contributed by atoms with van der Waals surface area (Å²) in [5.74, 6) is 0.595. The molecule has 0 aliphatic carbocycles. The second-order valence-electron chi connectivity index (χ2n) is 3.77. The van der Waals surface area contributed by atoms with Crippen molar-refractivity contribution in [2.24, 2.45) is 5.73 Å². The van der Waals surface area contributed by atoms with Gasteiger partial charge in [-0.3, -0.25) is 4.79 Å². The van der Waals surface area contributed by atoms with E-state index in [-0.39, 0.29) is 5.56 Å². The van der Waals surface area contributed by atoms with Crippen molar-refractivity contribution in [1.29, 1.82) is 0 Å². The molecule has 0 unspecified atom stereocenters. The molecule has 0 radical (unpaired) electrons. The molecule has 1 heterocycles. The van der Waals surface area contributed by atoms with Crippen molar-refractivity contribution in [2.75, 3.05) is 5.32 Å². The topological polar surface area (TPSA) is 83.8 Å². The Morgan fingerprint density at radius 1 is 1.39 bits per heavy atom. The molecule has 0 aliphatic rings. The predicted octanol–water partition coefficient (Wildman–Crippen LogP) is 1.45. The van der Waals surface area contributed by atoms with Crippen molar-refractivity contribution in [2.45, 2.75) is 13.1 Å². The van der Waals surface area contributed by atoms with Gasteiger partial charge in [0.15, 0.2) is 0 Å². The molecule has 18 heavy (non-hydrogen) atoms. The number of aromatic amines is 1. The Balaban J connectivity index is 2.11. The zero-order valence-electron chi connectivity index (χ0n) is 9.61. The quantitative estimate of drug-likeness (QED) is 0.724. The normalized spacial score (nSPS) is 10.3. The average Bonchev–Trinajstić information content (AvgIpc) is 2.41. The highest BCUT2D eigenvalue weighted by Crippen LogP contribution is 2.11. The number of H-pyrrole nitrogens is 1. The summed E-state index contributed by atoms with van der Waals surface area (Å²) in [6.45, 7) is 1.13. The number of nitrogens with two attached hydrogens (primary N) is 1. The van der Waals surface area contributed by atoms with Crippen LogP contribution in [-0.4, -0.2) is 9.97 Å². The predicted molar refractivity (Wildman–Crippen MR) is 79.2 cm³/mol. The largest absolute Gasteiger partial charge is 0.365 e. The third-order valence-electron chi connectivity index (χ3n) is 2.48. The molecule has 1 aromatic heterocycles. The van der Waals surface area contributed by atoms with Gasteiger partial charge in [-0.15, -0.1) is 0 Å². The second kappa shape index (κ2) is 5.96. The average molecular weight is 356 g/mol. The monoisotopic (exact) mass is 356 g/mol. The minimum Gasteiger partial charge on any atom is -0.365 e. The van der Waals surface area contributed by atoms with E-state index in [1.54, 1.807) is 0 Å². The summed E-state index contributed by atoms with van der Waals surface area (Å²) >= 11 is 1.97. The number of nitrogens with one attached hydrogen (secondary N) is 2. The molecule has 0 spiro atoms. The van der Waals surface area contributed by atoms with Gasteiger partial charge in [0.25, 0.3) is 5.56 Å². The standard InChI is InChI=1S/C12H13IN4O/c13-10-11(16-7-17-12(10)18)15-6-9-3-1-2-8(4-9)5-14/h1-4,7H,5-6,14H2,(H2,15,16,17,18). The maximum atomic E-state index is 11.4. The molecule has 5 nitrogen and oxygen atoms in total. The van der Waals surface area contributed by atoms with Gasteiger partial charge in [0.05, 0.1) is 6.33 Å². The van der Waals surface area contributed by atoms with Gasteiger partial charge in [0.2, 0.25) is 0 Å². The van der Waals surface area contributed by atoms with Crippen molar-refractivity contribution in [3.05, 3.63) is 55.6 Å². The maximum Gasteiger partial charge on any atom is 0.266 e. The first-order valence-corrected chi connectivity index (χ1v) is 6.53. The molecule has 0 aliphatic heterocycles. The molecule has 0 saturated carbocycles. The van der Waals surface area contributed by atoms with E-state index in [4.69, 9.17) is 5.73 Å². The summed E-state index contributed by atoms with van der Waals surface area (Å²) in [5, 5.41) is 3.14. The van der Waals surface area contributed by atoms with E-state index in [0.717, 1.165) is 11.1 Å². The lowest BCUT2D eigenvalue weighted by Gasteiger charge is -2.07. The van der Waals surface area contributed by atoms with Crippen molar-refractivity contribution in [3.63, 3.8) is 0 Å². The molecule has 0 atom stereocenters. The van der Waals surface area contributed by atoms with Crippen molar-refractivity contribution in [3.8, 4) is 0 Å². The zero-order valence-corrected chi connectivity index (χ0v) is 11.8. The smallest absolute Gasteiger partial charge is 0.266 e. The van der Waals surface area contributed by atoms with Gasteiger partial charge in [-0.1, -0.05) is 24.3 Å². The first kappa shape index (κ1) is 13.0. The Labute approximate surface area is 118 Å². The van der Waals surface area contributed by atoms with E-state index >= 15 is 0 Å². The molecular weight excluding hydrogens is 343 g/mol. The molecule has 0 bridgehead atoms. The van der Waals surface area contributed by atoms with Crippen LogP contribution in [0.3, 0.4) is 0 Å². The summed E-state index contributed by atoms with van der Waals surface area (Å²) in [5.41, 5.74) is 7.65.